The van der Waals surface area contributed by atoms with Gasteiger partial charge in [0.25, 0.3) is 0 Å². The summed E-state index contributed by atoms with van der Waals surface area (Å²) >= 11 is 0. The number of carbonyl (C=O) groups is 2. The molecule has 2 fully saturated rings. The van der Waals surface area contributed by atoms with Crippen molar-refractivity contribution in [2.75, 3.05) is 26.7 Å². The highest BCUT2D eigenvalue weighted by atomic mass is 16.5. The maximum absolute atomic E-state index is 13.2. The first kappa shape index (κ1) is 18.5. The molecule has 0 spiro atoms. The fraction of sp³-hybridized carbons (Fsp3) is 0.524. The van der Waals surface area contributed by atoms with Crippen molar-refractivity contribution in [2.45, 2.75) is 32.2 Å². The van der Waals surface area contributed by atoms with Crippen molar-refractivity contribution >= 4 is 11.8 Å². The number of benzene rings is 1. The lowest BCUT2D eigenvalue weighted by Gasteiger charge is -2.34. The van der Waals surface area contributed by atoms with Gasteiger partial charge in [0.2, 0.25) is 11.8 Å². The minimum atomic E-state index is -0.0417. The Labute approximate surface area is 155 Å². The van der Waals surface area contributed by atoms with Gasteiger partial charge in [0.1, 0.15) is 5.75 Å². The second-order valence-corrected chi connectivity index (χ2v) is 7.43. The van der Waals surface area contributed by atoms with E-state index in [4.69, 9.17) is 4.74 Å². The SMILES string of the molecule is C=CC(=O)N1CCC(C(=O)N2CC(C)CC2c2cccc(OC)c2)CC1. The Morgan fingerprint density at radius 3 is 2.65 bits per heavy atom. The number of hydrogen-bond donors (Lipinski definition) is 0. The average Bonchev–Trinajstić information content (AvgIpc) is 3.08. The maximum atomic E-state index is 13.2. The molecule has 2 saturated heterocycles. The normalized spacial score (nSPS) is 23.8. The molecular formula is C21H28N2O3. The van der Waals surface area contributed by atoms with E-state index >= 15 is 0 Å². The van der Waals surface area contributed by atoms with Gasteiger partial charge in [-0.3, -0.25) is 9.59 Å². The summed E-state index contributed by atoms with van der Waals surface area (Å²) in [6.07, 6.45) is 3.79. The zero-order chi connectivity index (χ0) is 18.7. The quantitative estimate of drug-likeness (QED) is 0.779. The summed E-state index contributed by atoms with van der Waals surface area (Å²) in [5.41, 5.74) is 1.14. The highest BCUT2D eigenvalue weighted by molar-refractivity contribution is 5.87. The Morgan fingerprint density at radius 1 is 1.27 bits per heavy atom. The molecule has 1 aromatic carbocycles. The van der Waals surface area contributed by atoms with Crippen molar-refractivity contribution in [1.82, 2.24) is 9.80 Å². The Bertz CT molecular complexity index is 680. The van der Waals surface area contributed by atoms with Crippen LogP contribution in [0.2, 0.25) is 0 Å². The minimum absolute atomic E-state index is 0.00210. The van der Waals surface area contributed by atoms with Gasteiger partial charge in [0.15, 0.2) is 0 Å². The van der Waals surface area contributed by atoms with Crippen molar-refractivity contribution in [3.8, 4) is 5.75 Å². The average molecular weight is 356 g/mol. The highest BCUT2D eigenvalue weighted by Crippen LogP contribution is 2.38. The molecule has 2 amide bonds. The Morgan fingerprint density at radius 2 is 2.00 bits per heavy atom. The van der Waals surface area contributed by atoms with Crippen LogP contribution in [0.1, 0.15) is 37.8 Å². The molecule has 2 unspecified atom stereocenters. The lowest BCUT2D eigenvalue weighted by Crippen LogP contribution is -2.44. The van der Waals surface area contributed by atoms with Gasteiger partial charge in [-0.05, 0) is 49.0 Å². The molecule has 2 heterocycles. The lowest BCUT2D eigenvalue weighted by atomic mass is 9.94. The molecular weight excluding hydrogens is 328 g/mol. The van der Waals surface area contributed by atoms with Crippen LogP contribution >= 0.6 is 0 Å². The predicted molar refractivity (Wildman–Crippen MR) is 101 cm³/mol. The molecule has 1 aromatic rings. The number of rotatable bonds is 4. The predicted octanol–water partition coefficient (Wildman–Crippen LogP) is 3.03. The molecule has 26 heavy (non-hydrogen) atoms. The molecule has 5 heteroatoms. The van der Waals surface area contributed by atoms with Crippen LogP contribution in [0.3, 0.4) is 0 Å². The van der Waals surface area contributed by atoms with Crippen molar-refractivity contribution in [1.29, 1.82) is 0 Å². The Kier molecular flexibility index (Phi) is 5.64. The van der Waals surface area contributed by atoms with E-state index in [1.54, 1.807) is 12.0 Å². The van der Waals surface area contributed by atoms with Gasteiger partial charge in [-0.15, -0.1) is 0 Å². The first-order valence-corrected chi connectivity index (χ1v) is 9.39. The highest BCUT2D eigenvalue weighted by Gasteiger charge is 2.38. The monoisotopic (exact) mass is 356 g/mol. The van der Waals surface area contributed by atoms with Gasteiger partial charge < -0.3 is 14.5 Å². The fourth-order valence-electron chi connectivity index (χ4n) is 4.16. The standard InChI is InChI=1S/C21H28N2O3/c1-4-20(24)22-10-8-16(9-11-22)21(25)23-14-15(2)12-19(23)17-6-5-7-18(13-17)26-3/h4-7,13,15-16,19H,1,8-12,14H2,2-3H3. The minimum Gasteiger partial charge on any atom is -0.497 e. The summed E-state index contributed by atoms with van der Waals surface area (Å²) in [5.74, 6) is 1.50. The third-order valence-corrected chi connectivity index (χ3v) is 5.60. The third-order valence-electron chi connectivity index (χ3n) is 5.60. The first-order valence-electron chi connectivity index (χ1n) is 9.39. The zero-order valence-corrected chi connectivity index (χ0v) is 15.7. The summed E-state index contributed by atoms with van der Waals surface area (Å²) in [6.45, 7) is 7.81. The number of ether oxygens (including phenoxy) is 1. The van der Waals surface area contributed by atoms with Gasteiger partial charge in [-0.2, -0.15) is 0 Å². The second-order valence-electron chi connectivity index (χ2n) is 7.43. The number of carbonyl (C=O) groups excluding carboxylic acids is 2. The summed E-state index contributed by atoms with van der Waals surface area (Å²) in [6, 6.07) is 8.14. The molecule has 0 aromatic heterocycles. The van der Waals surface area contributed by atoms with Crippen LogP contribution in [0.5, 0.6) is 5.75 Å². The molecule has 3 rings (SSSR count). The topological polar surface area (TPSA) is 49.9 Å². The van der Waals surface area contributed by atoms with E-state index in [-0.39, 0.29) is 23.8 Å². The molecule has 0 saturated carbocycles. The zero-order valence-electron chi connectivity index (χ0n) is 15.7. The molecule has 5 nitrogen and oxygen atoms in total. The van der Waals surface area contributed by atoms with Gasteiger partial charge in [-0.1, -0.05) is 25.6 Å². The summed E-state index contributed by atoms with van der Waals surface area (Å²) in [7, 11) is 1.66. The van der Waals surface area contributed by atoms with E-state index in [0.717, 1.165) is 37.1 Å². The molecule has 0 aliphatic carbocycles. The summed E-state index contributed by atoms with van der Waals surface area (Å²) in [4.78, 5) is 28.8. The van der Waals surface area contributed by atoms with E-state index in [1.807, 2.05) is 18.2 Å². The van der Waals surface area contributed by atoms with Gasteiger partial charge >= 0.3 is 0 Å². The van der Waals surface area contributed by atoms with E-state index < -0.39 is 0 Å². The number of nitrogens with zero attached hydrogens (tertiary/aromatic N) is 2. The van der Waals surface area contributed by atoms with Crippen molar-refractivity contribution in [2.24, 2.45) is 11.8 Å². The van der Waals surface area contributed by atoms with Crippen molar-refractivity contribution < 1.29 is 14.3 Å². The van der Waals surface area contributed by atoms with E-state index in [0.29, 0.717) is 19.0 Å². The lowest BCUT2D eigenvalue weighted by molar-refractivity contribution is -0.140. The van der Waals surface area contributed by atoms with Crippen LogP contribution in [-0.2, 0) is 9.59 Å². The number of amides is 2. The number of methoxy groups -OCH3 is 1. The van der Waals surface area contributed by atoms with Crippen molar-refractivity contribution in [3.05, 3.63) is 42.5 Å². The summed E-state index contributed by atoms with van der Waals surface area (Å²) in [5, 5.41) is 0. The van der Waals surface area contributed by atoms with E-state index in [1.165, 1.54) is 6.08 Å². The van der Waals surface area contributed by atoms with Gasteiger partial charge in [0, 0.05) is 25.6 Å². The van der Waals surface area contributed by atoms with Crippen LogP contribution in [0, 0.1) is 11.8 Å². The van der Waals surface area contributed by atoms with Crippen LogP contribution in [0.4, 0.5) is 0 Å². The van der Waals surface area contributed by atoms with Gasteiger partial charge in [-0.25, -0.2) is 0 Å². The van der Waals surface area contributed by atoms with Crippen LogP contribution < -0.4 is 4.74 Å². The van der Waals surface area contributed by atoms with Gasteiger partial charge in [0.05, 0.1) is 13.2 Å². The first-order chi connectivity index (χ1) is 12.5. The van der Waals surface area contributed by atoms with Crippen LogP contribution in [0.25, 0.3) is 0 Å². The Balaban J connectivity index is 1.71. The third kappa shape index (κ3) is 3.76. The number of likely N-dealkylation sites (tertiary alicyclic amines) is 2. The molecule has 140 valence electrons. The molecule has 2 aliphatic heterocycles. The second kappa shape index (κ2) is 7.94. The van der Waals surface area contributed by atoms with Crippen LogP contribution in [-0.4, -0.2) is 48.4 Å². The molecule has 0 radical (unpaired) electrons. The maximum Gasteiger partial charge on any atom is 0.245 e. The summed E-state index contributed by atoms with van der Waals surface area (Å²) < 4.78 is 5.35. The van der Waals surface area contributed by atoms with E-state index in [2.05, 4.69) is 24.5 Å². The molecule has 0 bridgehead atoms. The smallest absolute Gasteiger partial charge is 0.245 e. The largest absolute Gasteiger partial charge is 0.497 e. The van der Waals surface area contributed by atoms with E-state index in [9.17, 15) is 9.59 Å². The van der Waals surface area contributed by atoms with Crippen LogP contribution in [0.15, 0.2) is 36.9 Å². The number of piperidine rings is 1. The number of hydrogen-bond acceptors (Lipinski definition) is 3. The molecule has 2 aliphatic rings. The fourth-order valence-corrected chi connectivity index (χ4v) is 4.16. The Hall–Kier alpha value is -2.30. The molecule has 2 atom stereocenters. The van der Waals surface area contributed by atoms with Crippen molar-refractivity contribution in [3.63, 3.8) is 0 Å². The molecule has 0 N–H and O–H groups in total.